The Balaban J connectivity index is 1.64. The van der Waals surface area contributed by atoms with Crippen molar-refractivity contribution in [1.29, 1.82) is 0 Å². The van der Waals surface area contributed by atoms with Crippen molar-refractivity contribution in [2.75, 3.05) is 10.6 Å². The van der Waals surface area contributed by atoms with E-state index in [1.165, 1.54) is 12.1 Å². The minimum absolute atomic E-state index is 0.0106. The molecule has 0 saturated heterocycles. The van der Waals surface area contributed by atoms with Crippen LogP contribution in [0.15, 0.2) is 53.4 Å². The highest BCUT2D eigenvalue weighted by Gasteiger charge is 2.21. The van der Waals surface area contributed by atoms with Crippen molar-refractivity contribution in [2.24, 2.45) is 0 Å². The number of benzene rings is 2. The second-order valence-electron chi connectivity index (χ2n) is 7.42. The summed E-state index contributed by atoms with van der Waals surface area (Å²) in [4.78, 5) is 24.2. The maximum atomic E-state index is 12.6. The van der Waals surface area contributed by atoms with Crippen LogP contribution in [0.5, 0.6) is 0 Å². The van der Waals surface area contributed by atoms with E-state index >= 15 is 0 Å². The lowest BCUT2D eigenvalue weighted by molar-refractivity contribution is -0.115. The van der Waals surface area contributed by atoms with Crippen molar-refractivity contribution < 1.29 is 18.0 Å². The van der Waals surface area contributed by atoms with Crippen LogP contribution in [0.3, 0.4) is 0 Å². The van der Waals surface area contributed by atoms with Gasteiger partial charge < -0.3 is 10.6 Å². The Kier molecular flexibility index (Phi) is 7.23. The summed E-state index contributed by atoms with van der Waals surface area (Å²) in [5, 5.41) is 5.46. The van der Waals surface area contributed by atoms with Crippen molar-refractivity contribution >= 4 is 33.2 Å². The molecule has 0 bridgehead atoms. The van der Waals surface area contributed by atoms with Gasteiger partial charge in [-0.3, -0.25) is 9.59 Å². The van der Waals surface area contributed by atoms with Crippen molar-refractivity contribution in [1.82, 2.24) is 4.72 Å². The zero-order valence-electron chi connectivity index (χ0n) is 17.0. The quantitative estimate of drug-likeness (QED) is 0.621. The maximum Gasteiger partial charge on any atom is 0.255 e. The molecule has 2 amide bonds. The summed E-state index contributed by atoms with van der Waals surface area (Å²) in [6.07, 6.45) is 5.32. The zero-order valence-corrected chi connectivity index (χ0v) is 17.8. The highest BCUT2D eigenvalue weighted by atomic mass is 32.2. The lowest BCUT2D eigenvalue weighted by atomic mass is 9.96. The predicted octanol–water partition coefficient (Wildman–Crippen LogP) is 3.90. The predicted molar refractivity (Wildman–Crippen MR) is 117 cm³/mol. The number of hydrogen-bond donors (Lipinski definition) is 3. The molecular weight excluding hydrogens is 402 g/mol. The average Bonchev–Trinajstić information content (AvgIpc) is 2.74. The van der Waals surface area contributed by atoms with Gasteiger partial charge in [0.2, 0.25) is 15.9 Å². The van der Waals surface area contributed by atoms with Gasteiger partial charge in [0.05, 0.1) is 4.90 Å². The molecule has 1 aliphatic rings. The molecule has 0 unspecified atom stereocenters. The van der Waals surface area contributed by atoms with Gasteiger partial charge in [0.15, 0.2) is 0 Å². The minimum atomic E-state index is -3.58. The van der Waals surface area contributed by atoms with Crippen molar-refractivity contribution in [3.05, 3.63) is 54.1 Å². The molecule has 0 aliphatic heterocycles. The van der Waals surface area contributed by atoms with Crippen LogP contribution in [0.1, 0.15) is 55.8 Å². The van der Waals surface area contributed by atoms with Crippen LogP contribution in [-0.2, 0) is 14.8 Å². The number of hydrogen-bond acceptors (Lipinski definition) is 4. The Hall–Kier alpha value is -2.71. The van der Waals surface area contributed by atoms with Gasteiger partial charge in [-0.15, -0.1) is 0 Å². The van der Waals surface area contributed by atoms with E-state index in [0.29, 0.717) is 23.4 Å². The van der Waals surface area contributed by atoms with Gasteiger partial charge in [-0.05, 0) is 55.3 Å². The second-order valence-corrected chi connectivity index (χ2v) is 9.13. The first-order chi connectivity index (χ1) is 14.4. The minimum Gasteiger partial charge on any atom is -0.326 e. The number of rotatable bonds is 7. The topological polar surface area (TPSA) is 104 Å². The average molecular weight is 430 g/mol. The molecule has 1 saturated carbocycles. The fourth-order valence-corrected chi connectivity index (χ4v) is 4.72. The Morgan fingerprint density at radius 2 is 1.63 bits per heavy atom. The Labute approximate surface area is 177 Å². The van der Waals surface area contributed by atoms with Crippen molar-refractivity contribution in [3.63, 3.8) is 0 Å². The highest BCUT2D eigenvalue weighted by molar-refractivity contribution is 7.89. The van der Waals surface area contributed by atoms with Crippen LogP contribution in [0.2, 0.25) is 0 Å². The molecule has 0 spiro atoms. The molecule has 3 rings (SSSR count). The first-order valence-corrected chi connectivity index (χ1v) is 11.7. The number of sulfonamides is 1. The second kappa shape index (κ2) is 9.86. The van der Waals surface area contributed by atoms with Crippen LogP contribution in [0.4, 0.5) is 11.4 Å². The molecule has 30 heavy (non-hydrogen) atoms. The summed E-state index contributed by atoms with van der Waals surface area (Å²) in [5.41, 5.74) is 1.42. The molecule has 0 atom stereocenters. The summed E-state index contributed by atoms with van der Waals surface area (Å²) in [5.74, 6) is -0.482. The van der Waals surface area contributed by atoms with E-state index < -0.39 is 10.0 Å². The Morgan fingerprint density at radius 3 is 2.30 bits per heavy atom. The third-order valence-corrected chi connectivity index (χ3v) is 6.62. The van der Waals surface area contributed by atoms with Crippen molar-refractivity contribution in [2.45, 2.75) is 56.4 Å². The van der Waals surface area contributed by atoms with Gasteiger partial charge in [-0.1, -0.05) is 32.3 Å². The van der Waals surface area contributed by atoms with E-state index in [2.05, 4.69) is 15.4 Å². The van der Waals surface area contributed by atoms with Crippen molar-refractivity contribution in [3.8, 4) is 0 Å². The summed E-state index contributed by atoms with van der Waals surface area (Å²) in [7, 11) is -3.58. The Morgan fingerprint density at radius 1 is 0.933 bits per heavy atom. The third kappa shape index (κ3) is 5.90. The number of amides is 2. The molecule has 2 aromatic carbocycles. The van der Waals surface area contributed by atoms with E-state index in [-0.39, 0.29) is 22.8 Å². The molecule has 160 valence electrons. The number of carbonyl (C=O) groups excluding carboxylic acids is 2. The van der Waals surface area contributed by atoms with E-state index in [0.717, 1.165) is 32.1 Å². The largest absolute Gasteiger partial charge is 0.326 e. The van der Waals surface area contributed by atoms with Crippen LogP contribution >= 0.6 is 0 Å². The fraction of sp³-hybridized carbons (Fsp3) is 0.364. The van der Waals surface area contributed by atoms with Gasteiger partial charge in [0.25, 0.3) is 5.91 Å². The van der Waals surface area contributed by atoms with Crippen LogP contribution in [0, 0.1) is 0 Å². The summed E-state index contributed by atoms with van der Waals surface area (Å²) < 4.78 is 27.9. The van der Waals surface area contributed by atoms with Gasteiger partial charge >= 0.3 is 0 Å². The molecule has 1 aliphatic carbocycles. The summed E-state index contributed by atoms with van der Waals surface area (Å²) in [6, 6.07) is 12.7. The van der Waals surface area contributed by atoms with Gasteiger partial charge in [0.1, 0.15) is 0 Å². The summed E-state index contributed by atoms with van der Waals surface area (Å²) in [6.45, 7) is 1.75. The fourth-order valence-electron chi connectivity index (χ4n) is 3.42. The molecule has 0 radical (unpaired) electrons. The first kappa shape index (κ1) is 22.0. The van der Waals surface area contributed by atoms with Crippen LogP contribution < -0.4 is 15.4 Å². The monoisotopic (exact) mass is 429 g/mol. The van der Waals surface area contributed by atoms with Gasteiger partial charge in [-0.25, -0.2) is 13.1 Å². The van der Waals surface area contributed by atoms with Gasteiger partial charge in [-0.2, -0.15) is 0 Å². The molecule has 1 fully saturated rings. The molecule has 8 heteroatoms. The molecule has 0 aromatic heterocycles. The summed E-state index contributed by atoms with van der Waals surface area (Å²) >= 11 is 0. The van der Waals surface area contributed by atoms with E-state index in [4.69, 9.17) is 0 Å². The highest BCUT2D eigenvalue weighted by Crippen LogP contribution is 2.21. The van der Waals surface area contributed by atoms with Crippen LogP contribution in [0.25, 0.3) is 0 Å². The lowest BCUT2D eigenvalue weighted by Crippen LogP contribution is -2.36. The van der Waals surface area contributed by atoms with Crippen LogP contribution in [-0.4, -0.2) is 26.3 Å². The molecule has 3 N–H and O–H groups in total. The van der Waals surface area contributed by atoms with E-state index in [9.17, 15) is 18.0 Å². The normalized spacial score (nSPS) is 14.8. The van der Waals surface area contributed by atoms with E-state index in [1.54, 1.807) is 43.3 Å². The third-order valence-electron chi connectivity index (χ3n) is 5.08. The lowest BCUT2D eigenvalue weighted by Gasteiger charge is -2.22. The molecule has 2 aromatic rings. The number of anilines is 2. The van der Waals surface area contributed by atoms with E-state index in [1.807, 2.05) is 0 Å². The standard InChI is InChI=1S/C22H27N3O4S/c1-2-21(26)23-19-10-6-7-16(15-19)22(27)24-17-11-13-20(14-12-17)30(28,29)25-18-8-4-3-5-9-18/h6-7,10-15,18,25H,2-5,8-9H2,1H3,(H,23,26)(H,24,27). The first-order valence-electron chi connectivity index (χ1n) is 10.2. The Bertz CT molecular complexity index is 997. The molecular formula is C22H27N3O4S. The number of nitrogens with one attached hydrogen (secondary N) is 3. The number of carbonyl (C=O) groups is 2. The zero-order chi connectivity index (χ0) is 21.6. The maximum absolute atomic E-state index is 12.6. The molecule has 7 nitrogen and oxygen atoms in total. The molecule has 0 heterocycles. The smallest absolute Gasteiger partial charge is 0.255 e. The SMILES string of the molecule is CCC(=O)Nc1cccc(C(=O)Nc2ccc(S(=O)(=O)NC3CCCCC3)cc2)c1. The van der Waals surface area contributed by atoms with Gasteiger partial charge in [0, 0.05) is 29.4 Å².